The first-order valence-corrected chi connectivity index (χ1v) is 15.6. The second kappa shape index (κ2) is 13.0. The molecule has 0 bridgehead atoms. The number of nitrogens with two attached hydrogens (primary N) is 1. The third-order valence-electron chi connectivity index (χ3n) is 9.13. The van der Waals surface area contributed by atoms with Crippen LogP contribution in [0.5, 0.6) is 11.5 Å². The lowest BCUT2D eigenvalue weighted by Gasteiger charge is -2.35. The molecule has 7 heteroatoms. The van der Waals surface area contributed by atoms with Crippen LogP contribution in [0.4, 0.5) is 5.95 Å². The van der Waals surface area contributed by atoms with Crippen molar-refractivity contribution in [2.75, 3.05) is 18.9 Å². The van der Waals surface area contributed by atoms with Gasteiger partial charge in [0, 0.05) is 24.2 Å². The number of hydrogen-bond donors (Lipinski definition) is 2. The first-order valence-electron chi connectivity index (χ1n) is 15.6. The van der Waals surface area contributed by atoms with Crippen molar-refractivity contribution in [3.8, 4) is 11.5 Å². The van der Waals surface area contributed by atoms with Crippen LogP contribution in [0.15, 0.2) is 72.8 Å². The maximum absolute atomic E-state index is 13.9. The van der Waals surface area contributed by atoms with Gasteiger partial charge in [0.25, 0.3) is 5.91 Å². The molecule has 2 aliphatic carbocycles. The number of amides is 1. The number of benzene rings is 3. The largest absolute Gasteiger partial charge is 0.457 e. The zero-order valence-corrected chi connectivity index (χ0v) is 24.3. The van der Waals surface area contributed by atoms with E-state index in [1.54, 1.807) is 0 Å². The van der Waals surface area contributed by atoms with E-state index in [-0.39, 0.29) is 24.6 Å². The Bertz CT molecular complexity index is 1490. The summed E-state index contributed by atoms with van der Waals surface area (Å²) in [5.41, 5.74) is 10.2. The Morgan fingerprint density at radius 1 is 0.905 bits per heavy atom. The number of hydrogen-bond acceptors (Lipinski definition) is 5. The number of rotatable bonds is 9. The zero-order chi connectivity index (χ0) is 28.9. The standard InChI is InChI=1S/C35H42N4O3/c36-35-37-31-20-19-30(42-29-17-8-3-9-18-29)24-32(31)39(35)33(25-11-4-1-5-12-25)26-13-10-14-27(23-26)34(41)38(21-22-40)28-15-6-2-7-16-28/h3,8-10,13-14,17-20,23-25,28,33,40H,1-2,4-7,11-12,15-16,21-22H2,(H2,36,37). The van der Waals surface area contributed by atoms with E-state index in [1.165, 1.54) is 25.7 Å². The van der Waals surface area contributed by atoms with Gasteiger partial charge in [0.2, 0.25) is 5.95 Å². The number of carbonyl (C=O) groups is 1. The molecular weight excluding hydrogens is 524 g/mol. The normalized spacial score (nSPS) is 17.3. The lowest BCUT2D eigenvalue weighted by atomic mass is 9.80. The Labute approximate surface area is 248 Å². The average molecular weight is 567 g/mol. The Balaban J connectivity index is 1.39. The smallest absolute Gasteiger partial charge is 0.254 e. The van der Waals surface area contributed by atoms with Crippen molar-refractivity contribution < 1.29 is 14.6 Å². The minimum atomic E-state index is -0.0593. The fourth-order valence-electron chi connectivity index (χ4n) is 7.13. The molecule has 2 fully saturated rings. The number of carbonyl (C=O) groups excluding carboxylic acids is 1. The summed E-state index contributed by atoms with van der Waals surface area (Å²) >= 11 is 0. The molecule has 3 aromatic carbocycles. The first-order chi connectivity index (χ1) is 20.6. The molecule has 1 atom stereocenters. The summed E-state index contributed by atoms with van der Waals surface area (Å²) in [4.78, 5) is 20.6. The van der Waals surface area contributed by atoms with E-state index in [4.69, 9.17) is 15.5 Å². The van der Waals surface area contributed by atoms with E-state index in [2.05, 4.69) is 16.7 Å². The molecule has 220 valence electrons. The number of aromatic nitrogens is 2. The van der Waals surface area contributed by atoms with Crippen LogP contribution in [0, 0.1) is 5.92 Å². The number of aliphatic hydroxyl groups excluding tert-OH is 1. The molecule has 0 radical (unpaired) electrons. The number of aliphatic hydroxyl groups is 1. The van der Waals surface area contributed by atoms with Gasteiger partial charge in [-0.25, -0.2) is 4.98 Å². The van der Waals surface area contributed by atoms with Crippen molar-refractivity contribution in [1.29, 1.82) is 0 Å². The van der Waals surface area contributed by atoms with Gasteiger partial charge in [0.05, 0.1) is 23.7 Å². The van der Waals surface area contributed by atoms with Gasteiger partial charge in [-0.3, -0.25) is 4.79 Å². The molecule has 6 rings (SSSR count). The van der Waals surface area contributed by atoms with Gasteiger partial charge in [0.15, 0.2) is 0 Å². The zero-order valence-electron chi connectivity index (χ0n) is 24.3. The van der Waals surface area contributed by atoms with Crippen molar-refractivity contribution in [3.63, 3.8) is 0 Å². The summed E-state index contributed by atoms with van der Waals surface area (Å²) in [6.45, 7) is 0.334. The maximum atomic E-state index is 13.9. The van der Waals surface area contributed by atoms with Gasteiger partial charge >= 0.3 is 0 Å². The quantitative estimate of drug-likeness (QED) is 0.221. The van der Waals surface area contributed by atoms with Crippen LogP contribution in [0.2, 0.25) is 0 Å². The minimum absolute atomic E-state index is 0.00204. The molecule has 0 spiro atoms. The van der Waals surface area contributed by atoms with Gasteiger partial charge < -0.3 is 25.0 Å². The lowest BCUT2D eigenvalue weighted by molar-refractivity contribution is 0.0585. The van der Waals surface area contributed by atoms with Crippen LogP contribution in [0.25, 0.3) is 11.0 Å². The van der Waals surface area contributed by atoms with Crippen molar-refractivity contribution >= 4 is 22.9 Å². The second-order valence-electron chi connectivity index (χ2n) is 11.9. The van der Waals surface area contributed by atoms with Crippen molar-refractivity contribution in [2.45, 2.75) is 76.3 Å². The monoisotopic (exact) mass is 566 g/mol. The molecule has 1 heterocycles. The van der Waals surface area contributed by atoms with Crippen molar-refractivity contribution in [2.24, 2.45) is 5.92 Å². The highest BCUT2D eigenvalue weighted by atomic mass is 16.5. The number of para-hydroxylation sites is 1. The van der Waals surface area contributed by atoms with E-state index < -0.39 is 0 Å². The molecule has 3 N–H and O–H groups in total. The maximum Gasteiger partial charge on any atom is 0.254 e. The Kier molecular flexibility index (Phi) is 8.75. The third kappa shape index (κ3) is 6.02. The third-order valence-corrected chi connectivity index (χ3v) is 9.13. The summed E-state index contributed by atoms with van der Waals surface area (Å²) in [5.74, 6) is 2.35. The molecule has 2 saturated carbocycles. The highest BCUT2D eigenvalue weighted by molar-refractivity contribution is 5.94. The van der Waals surface area contributed by atoms with Crippen LogP contribution < -0.4 is 10.5 Å². The number of imidazole rings is 1. The molecule has 2 aliphatic rings. The molecule has 1 amide bonds. The highest BCUT2D eigenvalue weighted by Gasteiger charge is 2.31. The molecule has 0 aliphatic heterocycles. The second-order valence-corrected chi connectivity index (χ2v) is 11.9. The van der Waals surface area contributed by atoms with Gasteiger partial charge in [0.1, 0.15) is 11.5 Å². The SMILES string of the molecule is Nc1nc2ccc(Oc3ccccc3)cc2n1C(c1cccc(C(=O)N(CCO)C2CCCCC2)c1)C1CCCCC1. The summed E-state index contributed by atoms with van der Waals surface area (Å²) in [6, 6.07) is 23.9. The Morgan fingerprint density at radius 3 is 2.38 bits per heavy atom. The molecule has 4 aromatic rings. The summed E-state index contributed by atoms with van der Waals surface area (Å²) in [7, 11) is 0. The fourth-order valence-corrected chi connectivity index (χ4v) is 7.13. The number of anilines is 1. The van der Waals surface area contributed by atoms with Crippen LogP contribution in [-0.2, 0) is 0 Å². The number of nitrogen functional groups attached to an aromatic ring is 1. The first kappa shape index (κ1) is 28.3. The Hall–Kier alpha value is -3.84. The summed E-state index contributed by atoms with van der Waals surface area (Å²) in [5, 5.41) is 9.82. The van der Waals surface area contributed by atoms with Crippen molar-refractivity contribution in [3.05, 3.63) is 83.9 Å². The van der Waals surface area contributed by atoms with Gasteiger partial charge in [-0.1, -0.05) is 68.9 Å². The van der Waals surface area contributed by atoms with Crippen LogP contribution >= 0.6 is 0 Å². The average Bonchev–Trinajstić information content (AvgIpc) is 3.36. The number of nitrogens with zero attached hydrogens (tertiary/aromatic N) is 3. The molecule has 0 saturated heterocycles. The molecular formula is C35H42N4O3. The van der Waals surface area contributed by atoms with Gasteiger partial charge in [-0.2, -0.15) is 0 Å². The van der Waals surface area contributed by atoms with E-state index in [0.717, 1.165) is 66.6 Å². The van der Waals surface area contributed by atoms with Crippen LogP contribution in [0.3, 0.4) is 0 Å². The predicted octanol–water partition coefficient (Wildman–Crippen LogP) is 7.35. The fraction of sp³-hybridized carbons (Fsp3) is 0.429. The van der Waals surface area contributed by atoms with Gasteiger partial charge in [-0.05, 0) is 73.6 Å². The van der Waals surface area contributed by atoms with E-state index in [1.807, 2.05) is 65.6 Å². The van der Waals surface area contributed by atoms with Crippen LogP contribution in [-0.4, -0.2) is 44.7 Å². The van der Waals surface area contributed by atoms with E-state index in [0.29, 0.717) is 24.0 Å². The van der Waals surface area contributed by atoms with E-state index in [9.17, 15) is 9.90 Å². The minimum Gasteiger partial charge on any atom is -0.457 e. The molecule has 42 heavy (non-hydrogen) atoms. The topological polar surface area (TPSA) is 93.6 Å². The molecule has 1 unspecified atom stereocenters. The number of ether oxygens (including phenoxy) is 1. The van der Waals surface area contributed by atoms with Crippen LogP contribution in [0.1, 0.15) is 86.2 Å². The predicted molar refractivity (Wildman–Crippen MR) is 167 cm³/mol. The summed E-state index contributed by atoms with van der Waals surface area (Å²) < 4.78 is 8.35. The van der Waals surface area contributed by atoms with Gasteiger partial charge in [-0.15, -0.1) is 0 Å². The highest BCUT2D eigenvalue weighted by Crippen LogP contribution is 2.41. The molecule has 7 nitrogen and oxygen atoms in total. The summed E-state index contributed by atoms with van der Waals surface area (Å²) in [6.07, 6.45) is 11.3. The van der Waals surface area contributed by atoms with Crippen molar-refractivity contribution in [1.82, 2.24) is 14.5 Å². The Morgan fingerprint density at radius 2 is 1.64 bits per heavy atom. The molecule has 1 aromatic heterocycles. The lowest BCUT2D eigenvalue weighted by Crippen LogP contribution is -2.43. The van der Waals surface area contributed by atoms with E-state index >= 15 is 0 Å². The number of fused-ring (bicyclic) bond motifs is 1.